The van der Waals surface area contributed by atoms with Crippen LogP contribution in [0.25, 0.3) is 0 Å². The molecule has 4 rings (SSSR count). The van der Waals surface area contributed by atoms with Crippen molar-refractivity contribution in [3.8, 4) is 5.75 Å². The fourth-order valence-corrected chi connectivity index (χ4v) is 5.42. The van der Waals surface area contributed by atoms with Crippen molar-refractivity contribution in [3.05, 3.63) is 108 Å². The Labute approximate surface area is 234 Å². The monoisotopic (exact) mass is 525 g/mol. The molecule has 2 N–H and O–H groups in total. The van der Waals surface area contributed by atoms with Crippen molar-refractivity contribution >= 4 is 11.6 Å². The molecule has 5 nitrogen and oxygen atoms in total. The molecule has 1 fully saturated rings. The van der Waals surface area contributed by atoms with Crippen LogP contribution >= 0.6 is 0 Å². The highest BCUT2D eigenvalue weighted by Gasteiger charge is 2.24. The van der Waals surface area contributed by atoms with Gasteiger partial charge in [-0.1, -0.05) is 81.1 Å². The summed E-state index contributed by atoms with van der Waals surface area (Å²) in [6.07, 6.45) is 3.24. The number of hydrogen-bond acceptors (Lipinski definition) is 4. The Bertz CT molecular complexity index is 1160. The van der Waals surface area contributed by atoms with E-state index in [0.29, 0.717) is 5.92 Å². The minimum Gasteiger partial charge on any atom is -0.496 e. The summed E-state index contributed by atoms with van der Waals surface area (Å²) >= 11 is 0. The number of anilines is 1. The van der Waals surface area contributed by atoms with Gasteiger partial charge in [-0.2, -0.15) is 0 Å². The van der Waals surface area contributed by atoms with E-state index in [2.05, 4.69) is 88.8 Å². The van der Waals surface area contributed by atoms with Crippen LogP contribution in [0.4, 0.5) is 5.69 Å². The smallest absolute Gasteiger partial charge is 0.226 e. The molecule has 5 heteroatoms. The zero-order valence-corrected chi connectivity index (χ0v) is 23.7. The van der Waals surface area contributed by atoms with E-state index in [-0.39, 0.29) is 17.7 Å². The molecular weight excluding hydrogens is 482 g/mol. The maximum Gasteiger partial charge on any atom is 0.226 e. The molecule has 0 spiro atoms. The van der Waals surface area contributed by atoms with Crippen molar-refractivity contribution in [3.63, 3.8) is 0 Å². The van der Waals surface area contributed by atoms with Crippen molar-refractivity contribution in [1.82, 2.24) is 10.2 Å². The van der Waals surface area contributed by atoms with Gasteiger partial charge in [0.25, 0.3) is 0 Å². The van der Waals surface area contributed by atoms with Gasteiger partial charge >= 0.3 is 0 Å². The van der Waals surface area contributed by atoms with Gasteiger partial charge in [0, 0.05) is 29.8 Å². The number of carbonyl (C=O) groups is 1. The van der Waals surface area contributed by atoms with Gasteiger partial charge in [-0.3, -0.25) is 4.79 Å². The molecule has 1 aliphatic rings. The largest absolute Gasteiger partial charge is 0.496 e. The van der Waals surface area contributed by atoms with Gasteiger partial charge in [0.05, 0.1) is 7.11 Å². The van der Waals surface area contributed by atoms with E-state index in [1.165, 1.54) is 16.7 Å². The minimum atomic E-state index is -0.0481. The molecule has 1 amide bonds. The van der Waals surface area contributed by atoms with Crippen LogP contribution in [0.1, 0.15) is 61.6 Å². The van der Waals surface area contributed by atoms with E-state index >= 15 is 0 Å². The van der Waals surface area contributed by atoms with E-state index < -0.39 is 0 Å². The minimum absolute atomic E-state index is 0.0380. The summed E-state index contributed by atoms with van der Waals surface area (Å²) in [5, 5.41) is 6.66. The number of carbonyl (C=O) groups excluding carboxylic acids is 1. The zero-order chi connectivity index (χ0) is 27.6. The number of ether oxygens (including phenoxy) is 1. The molecule has 39 heavy (non-hydrogen) atoms. The van der Waals surface area contributed by atoms with Crippen molar-refractivity contribution in [2.75, 3.05) is 38.6 Å². The van der Waals surface area contributed by atoms with Gasteiger partial charge in [-0.05, 0) is 79.7 Å². The third-order valence-corrected chi connectivity index (χ3v) is 7.67. The second-order valence-electron chi connectivity index (χ2n) is 10.8. The molecule has 3 aromatic carbocycles. The van der Waals surface area contributed by atoms with Gasteiger partial charge in [0.15, 0.2) is 0 Å². The number of rotatable bonds is 12. The highest BCUT2D eigenvalue weighted by molar-refractivity contribution is 5.92. The molecule has 1 saturated heterocycles. The van der Waals surface area contributed by atoms with Crippen molar-refractivity contribution < 1.29 is 9.53 Å². The molecule has 206 valence electrons. The van der Waals surface area contributed by atoms with Crippen molar-refractivity contribution in [1.29, 1.82) is 0 Å². The van der Waals surface area contributed by atoms with Crippen LogP contribution < -0.4 is 15.4 Å². The SMILES string of the molecule is C=C(NCCCN1CCC(c2cc(NC(=O)C(C)C)ccc2OC)CC1)C(c1ccccc1)c1ccccc1. The van der Waals surface area contributed by atoms with E-state index in [1.807, 2.05) is 26.0 Å². The van der Waals surface area contributed by atoms with Crippen LogP contribution in [0.2, 0.25) is 0 Å². The van der Waals surface area contributed by atoms with Crippen LogP contribution in [-0.2, 0) is 4.79 Å². The summed E-state index contributed by atoms with van der Waals surface area (Å²) in [6, 6.07) is 27.2. The van der Waals surface area contributed by atoms with Gasteiger partial charge in [-0.15, -0.1) is 0 Å². The normalized spacial score (nSPS) is 14.4. The maximum absolute atomic E-state index is 12.2. The highest BCUT2D eigenvalue weighted by Crippen LogP contribution is 2.36. The average Bonchev–Trinajstić information content (AvgIpc) is 2.97. The van der Waals surface area contributed by atoms with Crippen LogP contribution in [-0.4, -0.2) is 44.1 Å². The zero-order valence-electron chi connectivity index (χ0n) is 23.7. The Morgan fingerprint density at radius 2 is 1.59 bits per heavy atom. The fraction of sp³-hybridized carbons (Fsp3) is 0.382. The predicted octanol–water partition coefficient (Wildman–Crippen LogP) is 6.79. The second-order valence-corrected chi connectivity index (χ2v) is 10.8. The lowest BCUT2D eigenvalue weighted by atomic mass is 9.88. The first kappa shape index (κ1) is 28.4. The molecule has 1 heterocycles. The lowest BCUT2D eigenvalue weighted by molar-refractivity contribution is -0.118. The Kier molecular flexibility index (Phi) is 10.2. The topological polar surface area (TPSA) is 53.6 Å². The highest BCUT2D eigenvalue weighted by atomic mass is 16.5. The Morgan fingerprint density at radius 1 is 0.974 bits per heavy atom. The first-order chi connectivity index (χ1) is 19.0. The van der Waals surface area contributed by atoms with Gasteiger partial charge in [-0.25, -0.2) is 0 Å². The number of amides is 1. The molecule has 0 saturated carbocycles. The molecule has 0 atom stereocenters. The summed E-state index contributed by atoms with van der Waals surface area (Å²) in [4.78, 5) is 14.7. The number of likely N-dealkylation sites (tertiary alicyclic amines) is 1. The summed E-state index contributed by atoms with van der Waals surface area (Å²) < 4.78 is 5.67. The van der Waals surface area contributed by atoms with Crippen LogP contribution in [0.5, 0.6) is 5.75 Å². The summed E-state index contributed by atoms with van der Waals surface area (Å²) in [6.45, 7) is 12.3. The van der Waals surface area contributed by atoms with Gasteiger partial charge in [0.2, 0.25) is 5.91 Å². The van der Waals surface area contributed by atoms with Crippen molar-refractivity contribution in [2.24, 2.45) is 5.92 Å². The number of hydrogen-bond donors (Lipinski definition) is 2. The lowest BCUT2D eigenvalue weighted by Gasteiger charge is -2.33. The predicted molar refractivity (Wildman–Crippen MR) is 161 cm³/mol. The molecule has 0 aliphatic carbocycles. The number of nitrogens with zero attached hydrogens (tertiary/aromatic N) is 1. The number of methoxy groups -OCH3 is 1. The Balaban J connectivity index is 1.27. The first-order valence-corrected chi connectivity index (χ1v) is 14.2. The third kappa shape index (κ3) is 7.73. The molecule has 0 aromatic heterocycles. The van der Waals surface area contributed by atoms with Gasteiger partial charge < -0.3 is 20.3 Å². The van der Waals surface area contributed by atoms with E-state index in [1.54, 1.807) is 7.11 Å². The van der Waals surface area contributed by atoms with E-state index in [0.717, 1.165) is 62.6 Å². The maximum atomic E-state index is 12.2. The van der Waals surface area contributed by atoms with E-state index in [9.17, 15) is 4.79 Å². The Hall–Kier alpha value is -3.57. The second kappa shape index (κ2) is 14.0. The molecule has 0 bridgehead atoms. The van der Waals surface area contributed by atoms with Crippen LogP contribution in [0.3, 0.4) is 0 Å². The molecular formula is C34H43N3O2. The lowest BCUT2D eigenvalue weighted by Crippen LogP contribution is -2.35. The third-order valence-electron chi connectivity index (χ3n) is 7.67. The number of piperidine rings is 1. The number of benzene rings is 3. The number of allylic oxidation sites excluding steroid dienone is 1. The molecule has 0 radical (unpaired) electrons. The standard InChI is InChI=1S/C34H43N3O2/c1-25(2)34(38)36-30-16-17-32(39-4)31(24-30)27-18-22-37(23-19-27)21-11-20-35-26(3)33(28-12-7-5-8-13-28)29-14-9-6-10-15-29/h5-10,12-17,24-25,27,33,35H,3,11,18-23H2,1-2,4H3,(H,36,38). The number of nitrogens with one attached hydrogen (secondary N) is 2. The summed E-state index contributed by atoms with van der Waals surface area (Å²) in [5.41, 5.74) is 5.60. The van der Waals surface area contributed by atoms with Crippen LogP contribution in [0, 0.1) is 5.92 Å². The molecule has 3 aromatic rings. The van der Waals surface area contributed by atoms with Crippen LogP contribution in [0.15, 0.2) is 91.1 Å². The Morgan fingerprint density at radius 3 is 2.15 bits per heavy atom. The summed E-state index contributed by atoms with van der Waals surface area (Å²) in [7, 11) is 1.72. The van der Waals surface area contributed by atoms with Gasteiger partial charge in [0.1, 0.15) is 5.75 Å². The quantitative estimate of drug-likeness (QED) is 0.256. The first-order valence-electron chi connectivity index (χ1n) is 14.2. The fourth-order valence-electron chi connectivity index (χ4n) is 5.42. The molecule has 1 aliphatic heterocycles. The average molecular weight is 526 g/mol. The van der Waals surface area contributed by atoms with Crippen molar-refractivity contribution in [2.45, 2.75) is 44.9 Å². The molecule has 0 unspecified atom stereocenters. The summed E-state index contributed by atoms with van der Waals surface area (Å²) in [5.74, 6) is 1.47. The van der Waals surface area contributed by atoms with E-state index in [4.69, 9.17) is 4.74 Å².